The second-order valence-corrected chi connectivity index (χ2v) is 3.17. The molecule has 0 atom stereocenters. The minimum Gasteiger partial charge on any atom is -0.395 e. The average molecular weight is 224 g/mol. The Bertz CT molecular complexity index is 342. The first kappa shape index (κ1) is 12.6. The summed E-state index contributed by atoms with van der Waals surface area (Å²) >= 11 is 0. The summed E-state index contributed by atoms with van der Waals surface area (Å²) in [5, 5.41) is 11.1. The number of aliphatic hydroxyl groups excluding tert-OH is 1. The lowest BCUT2D eigenvalue weighted by Gasteiger charge is -2.05. The normalized spacial score (nSPS) is 10.1. The van der Waals surface area contributed by atoms with Crippen LogP contribution in [-0.4, -0.2) is 35.8 Å². The lowest BCUT2D eigenvalue weighted by molar-refractivity contribution is 0.0939. The largest absolute Gasteiger partial charge is 0.395 e. The third kappa shape index (κ3) is 3.96. The molecule has 5 heteroatoms. The number of ether oxygens (including phenoxy) is 1. The highest BCUT2D eigenvalue weighted by molar-refractivity contribution is 5.92. The molecule has 0 saturated heterocycles. The van der Waals surface area contributed by atoms with Gasteiger partial charge in [0.15, 0.2) is 0 Å². The Labute approximate surface area is 94.5 Å². The maximum atomic E-state index is 11.5. The molecule has 0 aliphatic heterocycles. The van der Waals surface area contributed by atoms with Gasteiger partial charge in [-0.25, -0.2) is 0 Å². The van der Waals surface area contributed by atoms with Gasteiger partial charge < -0.3 is 15.2 Å². The lowest BCUT2D eigenvalue weighted by atomic mass is 10.2. The van der Waals surface area contributed by atoms with Gasteiger partial charge in [0.2, 0.25) is 0 Å². The summed E-state index contributed by atoms with van der Waals surface area (Å²) in [5.41, 5.74) is 1.25. The van der Waals surface area contributed by atoms with E-state index in [1.54, 1.807) is 18.3 Å². The predicted octanol–water partition coefficient (Wildman–Crippen LogP) is 0.340. The number of aliphatic hydroxyl groups is 1. The Morgan fingerprint density at radius 1 is 1.62 bits per heavy atom. The summed E-state index contributed by atoms with van der Waals surface area (Å²) < 4.78 is 5.24. The first-order chi connectivity index (χ1) is 7.77. The van der Waals surface area contributed by atoms with Crippen molar-refractivity contribution in [1.82, 2.24) is 10.3 Å². The molecule has 1 rings (SSSR count). The van der Waals surface area contributed by atoms with Gasteiger partial charge in [-0.3, -0.25) is 9.78 Å². The maximum Gasteiger partial charge on any atom is 0.269 e. The van der Waals surface area contributed by atoms with Crippen molar-refractivity contribution in [3.8, 4) is 0 Å². The minimum absolute atomic E-state index is 0.0790. The van der Waals surface area contributed by atoms with Gasteiger partial charge in [0, 0.05) is 19.3 Å². The molecule has 1 aromatic rings. The number of carbonyl (C=O) groups is 1. The summed E-state index contributed by atoms with van der Waals surface area (Å²) in [6.45, 7) is 3.17. The number of nitrogens with zero attached hydrogens (tertiary/aromatic N) is 1. The molecule has 0 unspecified atom stereocenters. The van der Waals surface area contributed by atoms with Crippen molar-refractivity contribution >= 4 is 5.91 Å². The number of carbonyl (C=O) groups excluding carboxylic acids is 1. The Balaban J connectivity index is 2.62. The zero-order chi connectivity index (χ0) is 11.8. The molecule has 1 heterocycles. The molecule has 88 valence electrons. The fourth-order valence-corrected chi connectivity index (χ4v) is 1.17. The molecule has 0 spiro atoms. The van der Waals surface area contributed by atoms with Crippen molar-refractivity contribution in [3.05, 3.63) is 29.6 Å². The predicted molar refractivity (Wildman–Crippen MR) is 59.0 cm³/mol. The summed E-state index contributed by atoms with van der Waals surface area (Å²) in [7, 11) is 0. The van der Waals surface area contributed by atoms with Gasteiger partial charge in [-0.15, -0.1) is 0 Å². The monoisotopic (exact) mass is 224 g/mol. The van der Waals surface area contributed by atoms with E-state index in [-0.39, 0.29) is 19.1 Å². The van der Waals surface area contributed by atoms with E-state index in [1.807, 2.05) is 6.92 Å². The molecule has 0 saturated carbocycles. The molecule has 5 nitrogen and oxygen atoms in total. The molecular formula is C11H16N2O3. The number of nitrogens with one attached hydrogen (secondary N) is 1. The number of aromatic nitrogens is 1. The van der Waals surface area contributed by atoms with E-state index < -0.39 is 0 Å². The first-order valence-corrected chi connectivity index (χ1v) is 5.19. The van der Waals surface area contributed by atoms with Gasteiger partial charge in [-0.05, 0) is 24.6 Å². The second-order valence-electron chi connectivity index (χ2n) is 3.17. The van der Waals surface area contributed by atoms with Crippen LogP contribution in [0.3, 0.4) is 0 Å². The van der Waals surface area contributed by atoms with Gasteiger partial charge in [0.25, 0.3) is 5.91 Å². The van der Waals surface area contributed by atoms with Crippen molar-refractivity contribution in [1.29, 1.82) is 0 Å². The summed E-state index contributed by atoms with van der Waals surface area (Å²) in [5.74, 6) is -0.285. The number of amides is 1. The molecule has 1 amide bonds. The van der Waals surface area contributed by atoms with E-state index >= 15 is 0 Å². The van der Waals surface area contributed by atoms with Crippen molar-refractivity contribution in [2.45, 2.75) is 13.5 Å². The summed E-state index contributed by atoms with van der Waals surface area (Å²) in [6.07, 6.45) is 1.57. The Kier molecular flexibility index (Phi) is 5.45. The van der Waals surface area contributed by atoms with E-state index in [0.29, 0.717) is 18.9 Å². The second kappa shape index (κ2) is 6.92. The van der Waals surface area contributed by atoms with Crippen molar-refractivity contribution < 1.29 is 14.6 Å². The Hall–Kier alpha value is -1.46. The summed E-state index contributed by atoms with van der Waals surface area (Å²) in [4.78, 5) is 15.5. The standard InChI is InChI=1S/C11H16N2O3/c1-2-16-8-9-3-4-12-10(7-9)11(15)13-5-6-14/h3-4,7,14H,2,5-6,8H2,1H3,(H,13,15). The van der Waals surface area contributed by atoms with E-state index in [2.05, 4.69) is 10.3 Å². The lowest BCUT2D eigenvalue weighted by Crippen LogP contribution is -2.27. The topological polar surface area (TPSA) is 71.5 Å². The fraction of sp³-hybridized carbons (Fsp3) is 0.455. The highest BCUT2D eigenvalue weighted by Gasteiger charge is 2.06. The van der Waals surface area contributed by atoms with Gasteiger partial charge in [-0.1, -0.05) is 0 Å². The van der Waals surface area contributed by atoms with Crippen LogP contribution in [-0.2, 0) is 11.3 Å². The van der Waals surface area contributed by atoms with Crippen LogP contribution < -0.4 is 5.32 Å². The zero-order valence-electron chi connectivity index (χ0n) is 9.27. The van der Waals surface area contributed by atoms with Crippen molar-refractivity contribution in [3.63, 3.8) is 0 Å². The van der Waals surface area contributed by atoms with Crippen LogP contribution in [0.4, 0.5) is 0 Å². The molecule has 0 fully saturated rings. The molecule has 0 aliphatic carbocycles. The highest BCUT2D eigenvalue weighted by Crippen LogP contribution is 2.03. The van der Waals surface area contributed by atoms with Crippen LogP contribution in [0.5, 0.6) is 0 Å². The fourth-order valence-electron chi connectivity index (χ4n) is 1.17. The Morgan fingerprint density at radius 2 is 2.44 bits per heavy atom. The highest BCUT2D eigenvalue weighted by atomic mass is 16.5. The van der Waals surface area contributed by atoms with Crippen LogP contribution in [0.2, 0.25) is 0 Å². The van der Waals surface area contributed by atoms with Crippen LogP contribution in [0.25, 0.3) is 0 Å². The van der Waals surface area contributed by atoms with Crippen LogP contribution >= 0.6 is 0 Å². The molecule has 2 N–H and O–H groups in total. The number of pyridine rings is 1. The Morgan fingerprint density at radius 3 is 3.12 bits per heavy atom. The van der Waals surface area contributed by atoms with Crippen LogP contribution in [0.1, 0.15) is 23.0 Å². The van der Waals surface area contributed by atoms with E-state index in [0.717, 1.165) is 5.56 Å². The number of rotatable bonds is 6. The van der Waals surface area contributed by atoms with E-state index in [1.165, 1.54) is 0 Å². The van der Waals surface area contributed by atoms with Crippen molar-refractivity contribution in [2.24, 2.45) is 0 Å². The van der Waals surface area contributed by atoms with E-state index in [9.17, 15) is 4.79 Å². The van der Waals surface area contributed by atoms with Gasteiger partial charge in [-0.2, -0.15) is 0 Å². The van der Waals surface area contributed by atoms with Crippen LogP contribution in [0, 0.1) is 0 Å². The molecule has 0 aliphatic rings. The van der Waals surface area contributed by atoms with Gasteiger partial charge in [0.05, 0.1) is 13.2 Å². The smallest absolute Gasteiger partial charge is 0.269 e. The van der Waals surface area contributed by atoms with Gasteiger partial charge in [0.1, 0.15) is 5.69 Å². The quantitative estimate of drug-likeness (QED) is 0.731. The average Bonchev–Trinajstić information content (AvgIpc) is 2.33. The molecule has 1 aromatic heterocycles. The first-order valence-electron chi connectivity index (χ1n) is 5.19. The summed E-state index contributed by atoms with van der Waals surface area (Å²) in [6, 6.07) is 3.49. The van der Waals surface area contributed by atoms with Crippen LogP contribution in [0.15, 0.2) is 18.3 Å². The third-order valence-electron chi connectivity index (χ3n) is 1.93. The maximum absolute atomic E-state index is 11.5. The minimum atomic E-state index is -0.285. The number of hydrogen-bond acceptors (Lipinski definition) is 4. The third-order valence-corrected chi connectivity index (χ3v) is 1.93. The molecule has 0 aromatic carbocycles. The molecular weight excluding hydrogens is 208 g/mol. The molecule has 0 radical (unpaired) electrons. The zero-order valence-corrected chi connectivity index (χ0v) is 9.27. The molecule has 16 heavy (non-hydrogen) atoms. The van der Waals surface area contributed by atoms with Crippen molar-refractivity contribution in [2.75, 3.05) is 19.8 Å². The van der Waals surface area contributed by atoms with E-state index in [4.69, 9.17) is 9.84 Å². The SMILES string of the molecule is CCOCc1ccnc(C(=O)NCCO)c1. The molecule has 0 bridgehead atoms. The number of hydrogen-bond donors (Lipinski definition) is 2. The van der Waals surface area contributed by atoms with Gasteiger partial charge >= 0.3 is 0 Å².